The molecule has 2 aromatic rings. The summed E-state index contributed by atoms with van der Waals surface area (Å²) >= 11 is 0. The van der Waals surface area contributed by atoms with Gasteiger partial charge in [0.1, 0.15) is 0 Å². The van der Waals surface area contributed by atoms with E-state index in [1.165, 1.54) is 6.08 Å². The van der Waals surface area contributed by atoms with Crippen molar-refractivity contribution in [2.45, 2.75) is 20.3 Å². The molecule has 0 unspecified atom stereocenters. The van der Waals surface area contributed by atoms with Crippen LogP contribution in [0.3, 0.4) is 0 Å². The Hall–Kier alpha value is -3.28. The van der Waals surface area contributed by atoms with Crippen LogP contribution in [0.25, 0.3) is 6.08 Å². The largest absolute Gasteiger partial charge is 0.490 e. The maximum absolute atomic E-state index is 12.4. The molecule has 0 aliphatic carbocycles. The van der Waals surface area contributed by atoms with Crippen molar-refractivity contribution in [2.75, 3.05) is 31.3 Å². The van der Waals surface area contributed by atoms with Gasteiger partial charge in [-0.1, -0.05) is 24.3 Å². The van der Waals surface area contributed by atoms with E-state index in [4.69, 9.17) is 14.2 Å². The van der Waals surface area contributed by atoms with Crippen LogP contribution in [0.4, 0.5) is 5.69 Å². The molecule has 152 valence electrons. The van der Waals surface area contributed by atoms with E-state index in [0.29, 0.717) is 31.3 Å². The van der Waals surface area contributed by atoms with Gasteiger partial charge in [0.2, 0.25) is 0 Å². The van der Waals surface area contributed by atoms with E-state index in [2.05, 4.69) is 0 Å². The van der Waals surface area contributed by atoms with Crippen LogP contribution in [0.2, 0.25) is 0 Å². The second-order valence-electron chi connectivity index (χ2n) is 6.44. The Kier molecular flexibility index (Phi) is 6.89. The van der Waals surface area contributed by atoms with Gasteiger partial charge in [-0.2, -0.15) is 0 Å². The fourth-order valence-corrected chi connectivity index (χ4v) is 3.19. The molecular formula is C23H25NO5. The minimum absolute atomic E-state index is 0.226. The molecule has 1 aliphatic heterocycles. The Morgan fingerprint density at radius 1 is 1.03 bits per heavy atom. The van der Waals surface area contributed by atoms with Crippen LogP contribution in [0.1, 0.15) is 25.0 Å². The second-order valence-corrected chi connectivity index (χ2v) is 6.44. The topological polar surface area (TPSA) is 65.1 Å². The van der Waals surface area contributed by atoms with Crippen molar-refractivity contribution in [2.24, 2.45) is 0 Å². The number of anilines is 1. The lowest BCUT2D eigenvalue weighted by molar-refractivity contribution is -0.142. The zero-order chi connectivity index (χ0) is 20.6. The number of carbonyl (C=O) groups excluding carboxylic acids is 2. The molecule has 0 N–H and O–H groups in total. The summed E-state index contributed by atoms with van der Waals surface area (Å²) in [4.78, 5) is 26.1. The van der Waals surface area contributed by atoms with Gasteiger partial charge >= 0.3 is 5.97 Å². The Morgan fingerprint density at radius 3 is 2.59 bits per heavy atom. The Bertz CT molecular complexity index is 906. The molecule has 6 nitrogen and oxygen atoms in total. The molecule has 0 saturated carbocycles. The van der Waals surface area contributed by atoms with Crippen LogP contribution >= 0.6 is 0 Å². The lowest BCUT2D eigenvalue weighted by Gasteiger charge is -2.16. The summed E-state index contributed by atoms with van der Waals surface area (Å²) in [5.74, 6) is 0.479. The van der Waals surface area contributed by atoms with Gasteiger partial charge in [0.25, 0.3) is 5.91 Å². The summed E-state index contributed by atoms with van der Waals surface area (Å²) < 4.78 is 16.2. The normalized spacial score (nSPS) is 12.7. The third-order valence-corrected chi connectivity index (χ3v) is 4.51. The molecule has 3 rings (SSSR count). The summed E-state index contributed by atoms with van der Waals surface area (Å²) in [5.41, 5.74) is 2.79. The number of amides is 1. The highest BCUT2D eigenvalue weighted by molar-refractivity contribution is 5.98. The summed E-state index contributed by atoms with van der Waals surface area (Å²) in [6.07, 6.45) is 3.74. The van der Waals surface area contributed by atoms with Crippen LogP contribution in [0.5, 0.6) is 11.5 Å². The molecule has 0 spiro atoms. The average molecular weight is 395 g/mol. The van der Waals surface area contributed by atoms with Crippen LogP contribution in [-0.2, 0) is 20.7 Å². The third kappa shape index (κ3) is 5.16. The van der Waals surface area contributed by atoms with Gasteiger partial charge in [-0.15, -0.1) is 0 Å². The van der Waals surface area contributed by atoms with Crippen LogP contribution in [-0.4, -0.2) is 38.2 Å². The number of ether oxygens (including phenoxy) is 3. The smallest absolute Gasteiger partial charge is 0.331 e. The predicted octanol–water partition coefficient (Wildman–Crippen LogP) is 3.63. The van der Waals surface area contributed by atoms with Gasteiger partial charge in [-0.05, 0) is 55.7 Å². The van der Waals surface area contributed by atoms with Gasteiger partial charge in [-0.25, -0.2) is 4.79 Å². The predicted molar refractivity (Wildman–Crippen MR) is 111 cm³/mol. The molecule has 1 aliphatic rings. The molecule has 6 heteroatoms. The molecule has 1 heterocycles. The van der Waals surface area contributed by atoms with Crippen LogP contribution in [0, 0.1) is 0 Å². The van der Waals surface area contributed by atoms with Crippen molar-refractivity contribution in [3.05, 3.63) is 59.7 Å². The van der Waals surface area contributed by atoms with Crippen molar-refractivity contribution in [3.8, 4) is 11.5 Å². The van der Waals surface area contributed by atoms with E-state index in [1.807, 2.05) is 44.2 Å². The lowest BCUT2D eigenvalue weighted by atomic mass is 10.2. The minimum atomic E-state index is -0.572. The van der Waals surface area contributed by atoms with E-state index in [9.17, 15) is 9.59 Å². The Balaban J connectivity index is 1.56. The van der Waals surface area contributed by atoms with E-state index in [0.717, 1.165) is 23.2 Å². The summed E-state index contributed by atoms with van der Waals surface area (Å²) in [6.45, 7) is 5.17. The Morgan fingerprint density at radius 2 is 1.79 bits per heavy atom. The Labute approximate surface area is 170 Å². The SMILES string of the molecule is CCOc1ccc(/C=C/C(=O)OCC(=O)N2CCc3ccccc32)cc1OCC. The molecule has 1 amide bonds. The fourth-order valence-electron chi connectivity index (χ4n) is 3.19. The summed E-state index contributed by atoms with van der Waals surface area (Å²) in [6, 6.07) is 13.2. The average Bonchev–Trinajstić information content (AvgIpc) is 3.17. The quantitative estimate of drug-likeness (QED) is 0.504. The van der Waals surface area contributed by atoms with Crippen LogP contribution < -0.4 is 14.4 Å². The van der Waals surface area contributed by atoms with E-state index in [-0.39, 0.29) is 12.5 Å². The molecule has 0 atom stereocenters. The standard InChI is InChI=1S/C23H25NO5/c1-3-27-20-11-9-17(15-21(20)28-4-2)10-12-23(26)29-16-22(25)24-14-13-18-7-5-6-8-19(18)24/h5-12,15H,3-4,13-14,16H2,1-2H3/b12-10+. The number of para-hydroxylation sites is 1. The van der Waals surface area contributed by atoms with E-state index < -0.39 is 5.97 Å². The van der Waals surface area contributed by atoms with Gasteiger partial charge in [0, 0.05) is 18.3 Å². The highest BCUT2D eigenvalue weighted by Crippen LogP contribution is 2.29. The zero-order valence-corrected chi connectivity index (χ0v) is 16.7. The highest BCUT2D eigenvalue weighted by Gasteiger charge is 2.24. The number of benzene rings is 2. The maximum Gasteiger partial charge on any atom is 0.331 e. The molecule has 0 saturated heterocycles. The van der Waals surface area contributed by atoms with Gasteiger partial charge in [0.15, 0.2) is 18.1 Å². The van der Waals surface area contributed by atoms with Crippen molar-refractivity contribution in [1.29, 1.82) is 0 Å². The number of hydrogen-bond acceptors (Lipinski definition) is 5. The van der Waals surface area contributed by atoms with Crippen molar-refractivity contribution in [3.63, 3.8) is 0 Å². The first-order chi connectivity index (χ1) is 14.1. The number of fused-ring (bicyclic) bond motifs is 1. The number of nitrogens with zero attached hydrogens (tertiary/aromatic N) is 1. The van der Waals surface area contributed by atoms with Crippen LogP contribution in [0.15, 0.2) is 48.5 Å². The molecule has 2 aromatic carbocycles. The van der Waals surface area contributed by atoms with Crippen molar-refractivity contribution in [1.82, 2.24) is 0 Å². The first-order valence-corrected chi connectivity index (χ1v) is 9.75. The van der Waals surface area contributed by atoms with Gasteiger partial charge in [-0.3, -0.25) is 4.79 Å². The first kappa shape index (κ1) is 20.5. The molecule has 0 aromatic heterocycles. The number of hydrogen-bond donors (Lipinski definition) is 0. The maximum atomic E-state index is 12.4. The number of esters is 1. The van der Waals surface area contributed by atoms with Crippen molar-refractivity contribution < 1.29 is 23.8 Å². The zero-order valence-electron chi connectivity index (χ0n) is 16.7. The molecule has 0 radical (unpaired) electrons. The summed E-state index contributed by atoms with van der Waals surface area (Å²) in [7, 11) is 0. The fraction of sp³-hybridized carbons (Fsp3) is 0.304. The molecule has 0 bridgehead atoms. The monoisotopic (exact) mass is 395 g/mol. The summed E-state index contributed by atoms with van der Waals surface area (Å²) in [5, 5.41) is 0. The second kappa shape index (κ2) is 9.78. The third-order valence-electron chi connectivity index (χ3n) is 4.51. The lowest BCUT2D eigenvalue weighted by Crippen LogP contribution is -2.33. The highest BCUT2D eigenvalue weighted by atomic mass is 16.5. The molecular weight excluding hydrogens is 370 g/mol. The first-order valence-electron chi connectivity index (χ1n) is 9.75. The van der Waals surface area contributed by atoms with Crippen molar-refractivity contribution >= 4 is 23.6 Å². The van der Waals surface area contributed by atoms with Gasteiger partial charge < -0.3 is 19.1 Å². The van der Waals surface area contributed by atoms with E-state index >= 15 is 0 Å². The molecule has 0 fully saturated rings. The van der Waals surface area contributed by atoms with E-state index in [1.54, 1.807) is 23.1 Å². The molecule has 29 heavy (non-hydrogen) atoms. The number of rotatable bonds is 8. The number of carbonyl (C=O) groups is 2. The minimum Gasteiger partial charge on any atom is -0.490 e. The van der Waals surface area contributed by atoms with Gasteiger partial charge in [0.05, 0.1) is 13.2 Å².